The number of benzene rings is 2. The Hall–Kier alpha value is -2.20. The summed E-state index contributed by atoms with van der Waals surface area (Å²) in [7, 11) is 1.33. The summed E-state index contributed by atoms with van der Waals surface area (Å²) in [5.74, 6) is 1.39. The maximum absolute atomic E-state index is 11.6. The lowest BCUT2D eigenvalue weighted by atomic mass is 9.95. The molecule has 4 nitrogen and oxygen atoms in total. The topological polar surface area (TPSA) is 47.6 Å². The first kappa shape index (κ1) is 12.8. The van der Waals surface area contributed by atoms with Crippen LogP contribution in [-0.2, 0) is 4.74 Å². The summed E-state index contributed by atoms with van der Waals surface area (Å²) in [5.41, 5.74) is 1.68. The molecule has 1 aliphatic rings. The third-order valence-corrected chi connectivity index (χ3v) is 3.42. The second-order valence-corrected chi connectivity index (χ2v) is 4.83. The monoisotopic (exact) mass is 289 g/mol. The number of nitrogens with one attached hydrogen (secondary N) is 1. The highest BCUT2D eigenvalue weighted by atomic mass is 35.5. The van der Waals surface area contributed by atoms with Crippen molar-refractivity contribution in [3.63, 3.8) is 0 Å². The lowest BCUT2D eigenvalue weighted by molar-refractivity contribution is 0.168. The molecule has 5 heteroatoms. The van der Waals surface area contributed by atoms with E-state index in [2.05, 4.69) is 10.1 Å². The molecule has 2 aromatic rings. The normalized spacial score (nSPS) is 15.6. The van der Waals surface area contributed by atoms with E-state index >= 15 is 0 Å². The van der Waals surface area contributed by atoms with Crippen LogP contribution in [0.15, 0.2) is 42.5 Å². The van der Waals surface area contributed by atoms with Crippen LogP contribution in [0.25, 0.3) is 0 Å². The third kappa shape index (κ3) is 2.18. The molecule has 0 saturated heterocycles. The molecular weight excluding hydrogens is 278 g/mol. The smallest absolute Gasteiger partial charge is 0.407 e. The van der Waals surface area contributed by atoms with Crippen LogP contribution >= 0.6 is 11.6 Å². The second-order valence-electron chi connectivity index (χ2n) is 4.39. The van der Waals surface area contributed by atoms with E-state index in [1.165, 1.54) is 7.11 Å². The minimum atomic E-state index is -0.502. The molecule has 1 atom stereocenters. The average Bonchev–Trinajstić information content (AvgIpc) is 2.47. The Morgan fingerprint density at radius 2 is 1.95 bits per heavy atom. The summed E-state index contributed by atoms with van der Waals surface area (Å²) in [6, 6.07) is 12.5. The van der Waals surface area contributed by atoms with Gasteiger partial charge in [0.05, 0.1) is 13.2 Å². The molecule has 0 radical (unpaired) electrons. The molecule has 0 aliphatic carbocycles. The quantitative estimate of drug-likeness (QED) is 0.866. The van der Waals surface area contributed by atoms with Crippen LogP contribution in [-0.4, -0.2) is 13.2 Å². The van der Waals surface area contributed by atoms with Crippen molar-refractivity contribution in [2.24, 2.45) is 0 Å². The van der Waals surface area contributed by atoms with Crippen molar-refractivity contribution in [3.05, 3.63) is 58.6 Å². The predicted molar refractivity (Wildman–Crippen MR) is 75.4 cm³/mol. The Labute approximate surface area is 121 Å². The van der Waals surface area contributed by atoms with Crippen molar-refractivity contribution in [1.82, 2.24) is 5.32 Å². The van der Waals surface area contributed by atoms with Gasteiger partial charge in [-0.1, -0.05) is 29.8 Å². The van der Waals surface area contributed by atoms with E-state index < -0.39 is 6.09 Å². The third-order valence-electron chi connectivity index (χ3n) is 3.18. The molecule has 0 saturated carbocycles. The zero-order valence-corrected chi connectivity index (χ0v) is 11.5. The molecule has 3 rings (SSSR count). The Kier molecular flexibility index (Phi) is 3.24. The van der Waals surface area contributed by atoms with Crippen molar-refractivity contribution in [2.45, 2.75) is 6.04 Å². The van der Waals surface area contributed by atoms with Crippen molar-refractivity contribution < 1.29 is 14.3 Å². The van der Waals surface area contributed by atoms with Crippen molar-refractivity contribution >= 4 is 17.7 Å². The number of para-hydroxylation sites is 1. The van der Waals surface area contributed by atoms with Crippen LogP contribution in [0.4, 0.5) is 4.79 Å². The largest absolute Gasteiger partial charge is 0.457 e. The van der Waals surface area contributed by atoms with Gasteiger partial charge < -0.3 is 14.8 Å². The van der Waals surface area contributed by atoms with Gasteiger partial charge in [0.15, 0.2) is 0 Å². The maximum atomic E-state index is 11.6. The summed E-state index contributed by atoms with van der Waals surface area (Å²) in [4.78, 5) is 11.6. The lowest BCUT2D eigenvalue weighted by Crippen LogP contribution is -2.31. The minimum Gasteiger partial charge on any atom is -0.457 e. The van der Waals surface area contributed by atoms with E-state index in [1.807, 2.05) is 24.3 Å². The molecule has 0 aromatic heterocycles. The molecule has 1 N–H and O–H groups in total. The average molecular weight is 290 g/mol. The molecule has 20 heavy (non-hydrogen) atoms. The molecular formula is C15H12ClNO3. The predicted octanol–water partition coefficient (Wildman–Crippen LogP) is 3.89. The maximum Gasteiger partial charge on any atom is 0.407 e. The number of fused-ring (bicyclic) bond motifs is 2. The fourth-order valence-electron chi connectivity index (χ4n) is 2.27. The zero-order valence-electron chi connectivity index (χ0n) is 10.7. The highest BCUT2D eigenvalue weighted by Gasteiger charge is 2.28. The van der Waals surface area contributed by atoms with Crippen LogP contribution in [0, 0.1) is 0 Å². The highest BCUT2D eigenvalue weighted by Crippen LogP contribution is 2.43. The highest BCUT2D eigenvalue weighted by molar-refractivity contribution is 6.30. The molecule has 1 amide bonds. The molecule has 0 bridgehead atoms. The molecule has 2 aromatic carbocycles. The number of amides is 1. The first-order valence-electron chi connectivity index (χ1n) is 6.10. The molecule has 0 spiro atoms. The zero-order chi connectivity index (χ0) is 14.1. The van der Waals surface area contributed by atoms with Crippen LogP contribution in [0.3, 0.4) is 0 Å². The lowest BCUT2D eigenvalue weighted by Gasteiger charge is -2.28. The number of hydrogen-bond acceptors (Lipinski definition) is 3. The van der Waals surface area contributed by atoms with Gasteiger partial charge in [0.2, 0.25) is 0 Å². The summed E-state index contributed by atoms with van der Waals surface area (Å²) >= 11 is 6.04. The molecule has 102 valence electrons. The summed E-state index contributed by atoms with van der Waals surface area (Å²) in [5, 5.41) is 3.39. The standard InChI is InChI=1S/C15H12ClNO3/c1-19-15(18)17-14-10-4-2-3-5-12(10)20-13-7-6-9(16)8-11(13)14/h2-8,14H,1H3,(H,17,18)/t14-/m0/s1. The van der Waals surface area contributed by atoms with E-state index in [-0.39, 0.29) is 6.04 Å². The minimum absolute atomic E-state index is 0.346. The Balaban J connectivity index is 2.11. The molecule has 0 unspecified atom stereocenters. The van der Waals surface area contributed by atoms with Gasteiger partial charge in [-0.3, -0.25) is 0 Å². The number of alkyl carbamates (subject to hydrolysis) is 1. The van der Waals surface area contributed by atoms with E-state index in [9.17, 15) is 4.79 Å². The fraction of sp³-hybridized carbons (Fsp3) is 0.133. The summed E-state index contributed by atoms with van der Waals surface area (Å²) in [6.45, 7) is 0. The number of carbonyl (C=O) groups excluding carboxylic acids is 1. The number of halogens is 1. The SMILES string of the molecule is COC(=O)N[C@H]1c2ccccc2Oc2ccc(Cl)cc21. The van der Waals surface area contributed by atoms with Crippen molar-refractivity contribution in [1.29, 1.82) is 0 Å². The van der Waals surface area contributed by atoms with Crippen LogP contribution in [0.5, 0.6) is 11.5 Å². The number of ether oxygens (including phenoxy) is 2. The van der Waals surface area contributed by atoms with E-state index in [0.29, 0.717) is 16.5 Å². The molecule has 0 fully saturated rings. The summed E-state index contributed by atoms with van der Waals surface area (Å²) in [6.07, 6.45) is -0.502. The van der Waals surface area contributed by atoms with Crippen LogP contribution < -0.4 is 10.1 Å². The van der Waals surface area contributed by atoms with Crippen molar-refractivity contribution in [2.75, 3.05) is 7.11 Å². The number of methoxy groups -OCH3 is 1. The first-order chi connectivity index (χ1) is 9.69. The Morgan fingerprint density at radius 3 is 2.75 bits per heavy atom. The number of rotatable bonds is 1. The van der Waals surface area contributed by atoms with E-state index in [0.717, 1.165) is 11.1 Å². The van der Waals surface area contributed by atoms with Crippen molar-refractivity contribution in [3.8, 4) is 11.5 Å². The van der Waals surface area contributed by atoms with Crippen LogP contribution in [0.1, 0.15) is 17.2 Å². The van der Waals surface area contributed by atoms with Gasteiger partial charge in [-0.15, -0.1) is 0 Å². The molecule has 1 aliphatic heterocycles. The van der Waals surface area contributed by atoms with E-state index in [1.54, 1.807) is 18.2 Å². The van der Waals surface area contributed by atoms with Gasteiger partial charge in [-0.25, -0.2) is 4.79 Å². The first-order valence-corrected chi connectivity index (χ1v) is 6.47. The second kappa shape index (κ2) is 5.06. The van der Waals surface area contributed by atoms with Gasteiger partial charge in [-0.2, -0.15) is 0 Å². The number of carbonyl (C=O) groups is 1. The van der Waals surface area contributed by atoms with Gasteiger partial charge in [-0.05, 0) is 24.3 Å². The Morgan fingerprint density at radius 1 is 1.20 bits per heavy atom. The van der Waals surface area contributed by atoms with Crippen LogP contribution in [0.2, 0.25) is 5.02 Å². The number of hydrogen-bond donors (Lipinski definition) is 1. The fourth-order valence-corrected chi connectivity index (χ4v) is 2.45. The van der Waals surface area contributed by atoms with Gasteiger partial charge in [0.1, 0.15) is 11.5 Å². The van der Waals surface area contributed by atoms with Gasteiger partial charge in [0.25, 0.3) is 0 Å². The molecule has 1 heterocycles. The van der Waals surface area contributed by atoms with Gasteiger partial charge in [0, 0.05) is 16.1 Å². The van der Waals surface area contributed by atoms with E-state index in [4.69, 9.17) is 16.3 Å². The Bertz CT molecular complexity index is 672. The van der Waals surface area contributed by atoms with Gasteiger partial charge >= 0.3 is 6.09 Å². The summed E-state index contributed by atoms with van der Waals surface area (Å²) < 4.78 is 10.5.